The lowest BCUT2D eigenvalue weighted by molar-refractivity contribution is 0.497. The van der Waals surface area contributed by atoms with E-state index in [2.05, 4.69) is 29.1 Å². The third kappa shape index (κ3) is 3.99. The molecule has 0 saturated heterocycles. The number of rotatable bonds is 5. The fraction of sp³-hybridized carbons (Fsp3) is 0.600. The van der Waals surface area contributed by atoms with E-state index in [-0.39, 0.29) is 0 Å². The van der Waals surface area contributed by atoms with Gasteiger partial charge < -0.3 is 5.32 Å². The summed E-state index contributed by atoms with van der Waals surface area (Å²) < 4.78 is 0. The Labute approximate surface area is 79.6 Å². The van der Waals surface area contributed by atoms with Crippen molar-refractivity contribution in [3.05, 3.63) is 24.3 Å². The van der Waals surface area contributed by atoms with Gasteiger partial charge in [0.25, 0.3) is 0 Å². The van der Waals surface area contributed by atoms with Gasteiger partial charge in [0, 0.05) is 12.7 Å². The molecule has 1 unspecified atom stereocenters. The van der Waals surface area contributed by atoms with E-state index in [1.807, 2.05) is 6.07 Å². The maximum Gasteiger partial charge on any atom is 0.115 e. The zero-order valence-electron chi connectivity index (χ0n) is 8.33. The van der Waals surface area contributed by atoms with E-state index in [0.29, 0.717) is 0 Å². The summed E-state index contributed by atoms with van der Waals surface area (Å²) in [6.07, 6.45) is 4.57. The van der Waals surface area contributed by atoms with Crippen molar-refractivity contribution in [1.82, 2.24) is 15.3 Å². The van der Waals surface area contributed by atoms with Crippen molar-refractivity contribution in [3.63, 3.8) is 0 Å². The summed E-state index contributed by atoms with van der Waals surface area (Å²) in [4.78, 5) is 7.99. The molecule has 0 aliphatic rings. The highest BCUT2D eigenvalue weighted by molar-refractivity contribution is 4.96. The first kappa shape index (κ1) is 10.1. The number of aromatic nitrogens is 2. The van der Waals surface area contributed by atoms with E-state index < -0.39 is 0 Å². The van der Waals surface area contributed by atoms with Crippen LogP contribution in [-0.2, 0) is 6.54 Å². The summed E-state index contributed by atoms with van der Waals surface area (Å²) in [7, 11) is 0. The summed E-state index contributed by atoms with van der Waals surface area (Å²) in [6.45, 7) is 6.34. The van der Waals surface area contributed by atoms with Gasteiger partial charge in [-0.1, -0.05) is 20.3 Å². The van der Waals surface area contributed by atoms with Crippen LogP contribution in [0.3, 0.4) is 0 Å². The average Bonchev–Trinajstić information content (AvgIpc) is 2.19. The molecule has 0 amide bonds. The average molecular weight is 179 g/mol. The Hall–Kier alpha value is -0.960. The van der Waals surface area contributed by atoms with Crippen LogP contribution in [0.2, 0.25) is 0 Å². The smallest absolute Gasteiger partial charge is 0.115 e. The van der Waals surface area contributed by atoms with Crippen molar-refractivity contribution < 1.29 is 0 Å². The largest absolute Gasteiger partial charge is 0.311 e. The fourth-order valence-corrected chi connectivity index (χ4v) is 1.01. The highest BCUT2D eigenvalue weighted by Crippen LogP contribution is 1.98. The van der Waals surface area contributed by atoms with Crippen molar-refractivity contribution in [2.75, 3.05) is 6.54 Å². The minimum absolute atomic E-state index is 0.738. The van der Waals surface area contributed by atoms with Crippen LogP contribution in [-0.4, -0.2) is 16.5 Å². The minimum atomic E-state index is 0.738. The van der Waals surface area contributed by atoms with Crippen LogP contribution in [0.15, 0.2) is 18.6 Å². The van der Waals surface area contributed by atoms with E-state index in [9.17, 15) is 0 Å². The van der Waals surface area contributed by atoms with Gasteiger partial charge in [-0.25, -0.2) is 9.97 Å². The Bertz CT molecular complexity index is 223. The van der Waals surface area contributed by atoms with E-state index >= 15 is 0 Å². The lowest BCUT2D eigenvalue weighted by Crippen LogP contribution is -2.20. The van der Waals surface area contributed by atoms with Gasteiger partial charge in [-0.05, 0) is 18.5 Å². The van der Waals surface area contributed by atoms with Crippen LogP contribution in [0.25, 0.3) is 0 Å². The molecule has 13 heavy (non-hydrogen) atoms. The van der Waals surface area contributed by atoms with Crippen molar-refractivity contribution >= 4 is 0 Å². The molecule has 1 heterocycles. The molecule has 72 valence electrons. The van der Waals surface area contributed by atoms with Gasteiger partial charge in [0.1, 0.15) is 6.33 Å². The van der Waals surface area contributed by atoms with E-state index in [0.717, 1.165) is 24.7 Å². The monoisotopic (exact) mass is 179 g/mol. The molecule has 1 aromatic rings. The van der Waals surface area contributed by atoms with Gasteiger partial charge in [-0.3, -0.25) is 0 Å². The van der Waals surface area contributed by atoms with Crippen LogP contribution in [0.1, 0.15) is 26.0 Å². The maximum absolute atomic E-state index is 4.13. The van der Waals surface area contributed by atoms with Crippen LogP contribution in [0.5, 0.6) is 0 Å². The SMILES string of the molecule is CCC(C)CNCc1ccncn1. The number of nitrogens with one attached hydrogen (secondary N) is 1. The Kier molecular flexibility index (Phi) is 4.40. The van der Waals surface area contributed by atoms with Gasteiger partial charge in [0.15, 0.2) is 0 Å². The first-order valence-corrected chi connectivity index (χ1v) is 4.78. The molecular weight excluding hydrogens is 162 g/mol. The third-order valence-electron chi connectivity index (χ3n) is 2.14. The standard InChI is InChI=1S/C10H17N3/c1-3-9(2)6-12-7-10-4-5-11-8-13-10/h4-5,8-9,12H,3,6-7H2,1-2H3. The summed E-state index contributed by atoms with van der Waals surface area (Å²) in [5, 5.41) is 3.36. The first-order valence-electron chi connectivity index (χ1n) is 4.78. The molecule has 3 nitrogen and oxygen atoms in total. The van der Waals surface area contributed by atoms with Gasteiger partial charge in [-0.15, -0.1) is 0 Å². The van der Waals surface area contributed by atoms with Crippen LogP contribution in [0.4, 0.5) is 0 Å². The first-order chi connectivity index (χ1) is 6.33. The molecule has 0 aromatic carbocycles. The summed E-state index contributed by atoms with van der Waals surface area (Å²) in [6, 6.07) is 1.93. The summed E-state index contributed by atoms with van der Waals surface area (Å²) >= 11 is 0. The lowest BCUT2D eigenvalue weighted by atomic mass is 10.1. The molecule has 0 spiro atoms. The quantitative estimate of drug-likeness (QED) is 0.746. The Morgan fingerprint density at radius 1 is 1.54 bits per heavy atom. The van der Waals surface area contributed by atoms with Crippen LogP contribution < -0.4 is 5.32 Å². The zero-order valence-corrected chi connectivity index (χ0v) is 8.33. The lowest BCUT2D eigenvalue weighted by Gasteiger charge is -2.08. The molecule has 1 atom stereocenters. The molecule has 1 aromatic heterocycles. The predicted molar refractivity (Wildman–Crippen MR) is 53.2 cm³/mol. The normalized spacial score (nSPS) is 12.8. The molecule has 0 fully saturated rings. The van der Waals surface area contributed by atoms with Crippen molar-refractivity contribution in [1.29, 1.82) is 0 Å². The van der Waals surface area contributed by atoms with Gasteiger partial charge >= 0.3 is 0 Å². The second kappa shape index (κ2) is 5.65. The van der Waals surface area contributed by atoms with E-state index in [4.69, 9.17) is 0 Å². The maximum atomic E-state index is 4.13. The van der Waals surface area contributed by atoms with Crippen molar-refractivity contribution in [2.45, 2.75) is 26.8 Å². The Morgan fingerprint density at radius 3 is 3.00 bits per heavy atom. The molecule has 0 saturated carbocycles. The molecular formula is C10H17N3. The van der Waals surface area contributed by atoms with E-state index in [1.54, 1.807) is 12.5 Å². The Balaban J connectivity index is 2.20. The van der Waals surface area contributed by atoms with E-state index in [1.165, 1.54) is 6.42 Å². The number of nitrogens with zero attached hydrogens (tertiary/aromatic N) is 2. The molecule has 3 heteroatoms. The Morgan fingerprint density at radius 2 is 2.38 bits per heavy atom. The fourth-order valence-electron chi connectivity index (χ4n) is 1.01. The molecule has 1 N–H and O–H groups in total. The number of hydrogen-bond acceptors (Lipinski definition) is 3. The summed E-state index contributed by atoms with van der Waals surface area (Å²) in [5.41, 5.74) is 1.05. The molecule has 0 bridgehead atoms. The molecule has 0 radical (unpaired) electrons. The molecule has 0 aliphatic heterocycles. The van der Waals surface area contributed by atoms with Crippen molar-refractivity contribution in [3.8, 4) is 0 Å². The highest BCUT2D eigenvalue weighted by atomic mass is 14.9. The second-order valence-electron chi connectivity index (χ2n) is 3.35. The topological polar surface area (TPSA) is 37.8 Å². The molecule has 0 aliphatic carbocycles. The van der Waals surface area contributed by atoms with Crippen LogP contribution in [0, 0.1) is 5.92 Å². The van der Waals surface area contributed by atoms with Crippen molar-refractivity contribution in [2.24, 2.45) is 5.92 Å². The minimum Gasteiger partial charge on any atom is -0.311 e. The van der Waals surface area contributed by atoms with Gasteiger partial charge in [-0.2, -0.15) is 0 Å². The third-order valence-corrected chi connectivity index (χ3v) is 2.14. The highest BCUT2D eigenvalue weighted by Gasteiger charge is 1.97. The van der Waals surface area contributed by atoms with Crippen LogP contribution >= 0.6 is 0 Å². The zero-order chi connectivity index (χ0) is 9.52. The number of hydrogen-bond donors (Lipinski definition) is 1. The summed E-state index contributed by atoms with van der Waals surface area (Å²) in [5.74, 6) is 0.738. The second-order valence-corrected chi connectivity index (χ2v) is 3.35. The van der Waals surface area contributed by atoms with Gasteiger partial charge in [0.05, 0.1) is 5.69 Å². The molecule has 1 rings (SSSR count). The van der Waals surface area contributed by atoms with Gasteiger partial charge in [0.2, 0.25) is 0 Å². The predicted octanol–water partition coefficient (Wildman–Crippen LogP) is 1.61.